The van der Waals surface area contributed by atoms with E-state index in [9.17, 15) is 4.79 Å². The van der Waals surface area contributed by atoms with Crippen molar-refractivity contribution in [1.82, 2.24) is 5.32 Å². The molecule has 0 amide bonds. The summed E-state index contributed by atoms with van der Waals surface area (Å²) in [5, 5.41) is 12.0. The summed E-state index contributed by atoms with van der Waals surface area (Å²) in [6, 6.07) is 3.13. The molecule has 0 aliphatic rings. The predicted octanol–water partition coefficient (Wildman–Crippen LogP) is 2.45. The van der Waals surface area contributed by atoms with E-state index >= 15 is 0 Å². The van der Waals surface area contributed by atoms with Gasteiger partial charge in [0.05, 0.1) is 12.6 Å². The fourth-order valence-corrected chi connectivity index (χ4v) is 1.50. The Morgan fingerprint density at radius 3 is 2.89 bits per heavy atom. The SMILES string of the molecule is CCCCOCCNC(C)c1ccc(C(=O)O)o1. The van der Waals surface area contributed by atoms with Crippen molar-refractivity contribution < 1.29 is 19.1 Å². The first-order valence-electron chi connectivity index (χ1n) is 6.29. The van der Waals surface area contributed by atoms with E-state index < -0.39 is 5.97 Å². The molecule has 0 spiro atoms. The van der Waals surface area contributed by atoms with Crippen LogP contribution < -0.4 is 5.32 Å². The molecule has 5 heteroatoms. The van der Waals surface area contributed by atoms with Gasteiger partial charge >= 0.3 is 5.97 Å². The predicted molar refractivity (Wildman–Crippen MR) is 67.8 cm³/mol. The normalized spacial score (nSPS) is 12.6. The zero-order valence-electron chi connectivity index (χ0n) is 10.9. The van der Waals surface area contributed by atoms with Crippen LogP contribution in [0.15, 0.2) is 16.5 Å². The van der Waals surface area contributed by atoms with Crippen molar-refractivity contribution in [3.8, 4) is 0 Å². The highest BCUT2D eigenvalue weighted by Crippen LogP contribution is 2.15. The topological polar surface area (TPSA) is 71.7 Å². The first-order valence-corrected chi connectivity index (χ1v) is 6.29. The van der Waals surface area contributed by atoms with E-state index in [-0.39, 0.29) is 11.8 Å². The molecule has 0 bridgehead atoms. The Hall–Kier alpha value is -1.33. The van der Waals surface area contributed by atoms with Crippen LogP contribution >= 0.6 is 0 Å². The fourth-order valence-electron chi connectivity index (χ4n) is 1.50. The third kappa shape index (κ3) is 4.89. The molecule has 1 aromatic heterocycles. The van der Waals surface area contributed by atoms with Crippen LogP contribution in [-0.2, 0) is 4.74 Å². The first kappa shape index (κ1) is 14.7. The summed E-state index contributed by atoms with van der Waals surface area (Å²) in [7, 11) is 0. The molecule has 2 N–H and O–H groups in total. The lowest BCUT2D eigenvalue weighted by molar-refractivity contribution is 0.0659. The van der Waals surface area contributed by atoms with Crippen molar-refractivity contribution in [1.29, 1.82) is 0 Å². The highest BCUT2D eigenvalue weighted by atomic mass is 16.5. The fraction of sp³-hybridized carbons (Fsp3) is 0.615. The summed E-state index contributed by atoms with van der Waals surface area (Å²) in [6.45, 7) is 6.21. The molecule has 0 aliphatic carbocycles. The van der Waals surface area contributed by atoms with Crippen LogP contribution in [0.4, 0.5) is 0 Å². The summed E-state index contributed by atoms with van der Waals surface area (Å²) in [5.41, 5.74) is 0. The maximum absolute atomic E-state index is 10.7. The van der Waals surface area contributed by atoms with Gasteiger partial charge in [-0.3, -0.25) is 0 Å². The molecule has 0 radical (unpaired) electrons. The van der Waals surface area contributed by atoms with Crippen LogP contribution in [0.25, 0.3) is 0 Å². The number of carboxylic acids is 1. The molecule has 0 saturated heterocycles. The van der Waals surface area contributed by atoms with Crippen molar-refractivity contribution in [2.75, 3.05) is 19.8 Å². The Morgan fingerprint density at radius 1 is 1.50 bits per heavy atom. The smallest absolute Gasteiger partial charge is 0.371 e. The largest absolute Gasteiger partial charge is 0.475 e. The zero-order chi connectivity index (χ0) is 13.4. The van der Waals surface area contributed by atoms with E-state index in [0.717, 1.165) is 19.4 Å². The Kier molecular flexibility index (Phi) is 6.46. The number of hydrogen-bond donors (Lipinski definition) is 2. The molecule has 0 aromatic carbocycles. The van der Waals surface area contributed by atoms with Gasteiger partial charge in [0.15, 0.2) is 0 Å². The van der Waals surface area contributed by atoms with Gasteiger partial charge in [-0.2, -0.15) is 0 Å². The van der Waals surface area contributed by atoms with Crippen LogP contribution in [0.3, 0.4) is 0 Å². The van der Waals surface area contributed by atoms with Gasteiger partial charge in [0.1, 0.15) is 5.76 Å². The number of aromatic carboxylic acids is 1. The molecule has 1 unspecified atom stereocenters. The molecule has 1 heterocycles. The molecule has 1 rings (SSSR count). The van der Waals surface area contributed by atoms with Crippen LogP contribution in [0.2, 0.25) is 0 Å². The van der Waals surface area contributed by atoms with E-state index in [1.807, 2.05) is 6.92 Å². The molecule has 0 fully saturated rings. The summed E-state index contributed by atoms with van der Waals surface area (Å²) in [5.74, 6) is -0.449. The Balaban J connectivity index is 2.23. The number of nitrogens with one attached hydrogen (secondary N) is 1. The average Bonchev–Trinajstić information content (AvgIpc) is 2.83. The number of carboxylic acid groups (broad SMARTS) is 1. The molecule has 1 aromatic rings. The minimum absolute atomic E-state index is 0.0205. The highest BCUT2D eigenvalue weighted by Gasteiger charge is 2.13. The number of hydrogen-bond acceptors (Lipinski definition) is 4. The molecule has 0 aliphatic heterocycles. The van der Waals surface area contributed by atoms with E-state index in [2.05, 4.69) is 12.2 Å². The number of carbonyl (C=O) groups is 1. The Bertz CT molecular complexity index is 362. The van der Waals surface area contributed by atoms with Gasteiger partial charge in [0, 0.05) is 13.2 Å². The van der Waals surface area contributed by atoms with Crippen molar-refractivity contribution in [2.45, 2.75) is 32.7 Å². The number of rotatable bonds is 9. The maximum Gasteiger partial charge on any atom is 0.371 e. The molecule has 18 heavy (non-hydrogen) atoms. The van der Waals surface area contributed by atoms with Gasteiger partial charge < -0.3 is 19.6 Å². The number of unbranched alkanes of at least 4 members (excludes halogenated alkanes) is 1. The highest BCUT2D eigenvalue weighted by molar-refractivity contribution is 5.84. The quantitative estimate of drug-likeness (QED) is 0.663. The van der Waals surface area contributed by atoms with Crippen molar-refractivity contribution in [2.24, 2.45) is 0 Å². The molecule has 102 valence electrons. The third-order valence-electron chi connectivity index (χ3n) is 2.60. The van der Waals surface area contributed by atoms with Crippen LogP contribution in [0.5, 0.6) is 0 Å². The second-order valence-corrected chi connectivity index (χ2v) is 4.15. The minimum Gasteiger partial charge on any atom is -0.475 e. The molecular weight excluding hydrogens is 234 g/mol. The van der Waals surface area contributed by atoms with Gasteiger partial charge in [-0.1, -0.05) is 13.3 Å². The zero-order valence-corrected chi connectivity index (χ0v) is 10.9. The summed E-state index contributed by atoms with van der Waals surface area (Å²) in [4.78, 5) is 10.7. The lowest BCUT2D eigenvalue weighted by Gasteiger charge is -2.11. The van der Waals surface area contributed by atoms with E-state index in [0.29, 0.717) is 18.9 Å². The standard InChI is InChI=1S/C13H21NO4/c1-3-4-8-17-9-7-14-10(2)11-5-6-12(18-11)13(15)16/h5-6,10,14H,3-4,7-9H2,1-2H3,(H,15,16). The second-order valence-electron chi connectivity index (χ2n) is 4.15. The minimum atomic E-state index is -1.05. The molecule has 0 saturated carbocycles. The third-order valence-corrected chi connectivity index (χ3v) is 2.60. The van der Waals surface area contributed by atoms with Crippen LogP contribution in [0.1, 0.15) is 49.0 Å². The molecule has 5 nitrogen and oxygen atoms in total. The van der Waals surface area contributed by atoms with E-state index in [1.165, 1.54) is 6.07 Å². The lowest BCUT2D eigenvalue weighted by atomic mass is 10.2. The summed E-state index contributed by atoms with van der Waals surface area (Å²) < 4.78 is 10.6. The number of ether oxygens (including phenoxy) is 1. The van der Waals surface area contributed by atoms with Gasteiger partial charge in [-0.05, 0) is 25.5 Å². The average molecular weight is 255 g/mol. The monoisotopic (exact) mass is 255 g/mol. The molecular formula is C13H21NO4. The Morgan fingerprint density at radius 2 is 2.28 bits per heavy atom. The second kappa shape index (κ2) is 7.89. The summed E-state index contributed by atoms with van der Waals surface area (Å²) in [6.07, 6.45) is 2.21. The summed E-state index contributed by atoms with van der Waals surface area (Å²) >= 11 is 0. The van der Waals surface area contributed by atoms with Gasteiger partial charge in [0.25, 0.3) is 0 Å². The van der Waals surface area contributed by atoms with E-state index in [4.69, 9.17) is 14.3 Å². The van der Waals surface area contributed by atoms with Crippen molar-refractivity contribution in [3.63, 3.8) is 0 Å². The van der Waals surface area contributed by atoms with Crippen LogP contribution in [0, 0.1) is 0 Å². The van der Waals surface area contributed by atoms with Crippen molar-refractivity contribution in [3.05, 3.63) is 23.7 Å². The van der Waals surface area contributed by atoms with E-state index in [1.54, 1.807) is 6.07 Å². The Labute approximate surface area is 107 Å². The van der Waals surface area contributed by atoms with Gasteiger partial charge in [0.2, 0.25) is 5.76 Å². The van der Waals surface area contributed by atoms with Crippen molar-refractivity contribution >= 4 is 5.97 Å². The number of furan rings is 1. The van der Waals surface area contributed by atoms with Gasteiger partial charge in [-0.25, -0.2) is 4.79 Å². The maximum atomic E-state index is 10.7. The first-order chi connectivity index (χ1) is 8.65. The molecule has 1 atom stereocenters. The van der Waals surface area contributed by atoms with Crippen LogP contribution in [-0.4, -0.2) is 30.8 Å². The lowest BCUT2D eigenvalue weighted by Crippen LogP contribution is -2.23. The van der Waals surface area contributed by atoms with Gasteiger partial charge in [-0.15, -0.1) is 0 Å².